The molecule has 0 aromatic heterocycles. The Hall–Kier alpha value is -1.59. The van der Waals surface area contributed by atoms with Crippen LogP contribution in [0.5, 0.6) is 5.75 Å². The summed E-state index contributed by atoms with van der Waals surface area (Å²) in [6, 6.07) is 7.26. The number of carbonyl (C=O) groups is 1. The molecule has 5 heteroatoms. The van der Waals surface area contributed by atoms with E-state index in [1.807, 2.05) is 38.1 Å². The Balaban J connectivity index is 1.85. The summed E-state index contributed by atoms with van der Waals surface area (Å²) >= 11 is 0. The Bertz CT molecular complexity index is 467. The number of nitrogens with zero attached hydrogens (tertiary/aromatic N) is 1. The van der Waals surface area contributed by atoms with Gasteiger partial charge < -0.3 is 15.2 Å². The number of likely N-dealkylation sites (tertiary alicyclic amines) is 1. The van der Waals surface area contributed by atoms with Gasteiger partial charge in [-0.15, -0.1) is 0 Å². The van der Waals surface area contributed by atoms with E-state index in [1.165, 1.54) is 0 Å². The molecule has 1 aromatic rings. The van der Waals surface area contributed by atoms with Gasteiger partial charge in [0, 0.05) is 12.3 Å². The number of carbonyl (C=O) groups excluding carboxylic acids is 1. The summed E-state index contributed by atoms with van der Waals surface area (Å²) in [6.07, 6.45) is 1.91. The van der Waals surface area contributed by atoms with Gasteiger partial charge in [0.2, 0.25) is 5.91 Å². The van der Waals surface area contributed by atoms with Gasteiger partial charge in [-0.25, -0.2) is 0 Å². The molecular formula is C17H26N2O3. The highest BCUT2D eigenvalue weighted by atomic mass is 16.5. The van der Waals surface area contributed by atoms with Crippen molar-refractivity contribution in [2.24, 2.45) is 5.92 Å². The van der Waals surface area contributed by atoms with Gasteiger partial charge in [0.1, 0.15) is 5.75 Å². The number of piperidine rings is 1. The van der Waals surface area contributed by atoms with E-state index in [0.717, 1.165) is 37.4 Å². The first-order valence-corrected chi connectivity index (χ1v) is 8.02. The van der Waals surface area contributed by atoms with E-state index >= 15 is 0 Å². The zero-order chi connectivity index (χ0) is 15.9. The van der Waals surface area contributed by atoms with Crippen LogP contribution in [0.3, 0.4) is 0 Å². The largest absolute Gasteiger partial charge is 0.494 e. The molecule has 2 N–H and O–H groups in total. The minimum absolute atomic E-state index is 0.00612. The Kier molecular flexibility index (Phi) is 6.21. The fourth-order valence-electron chi connectivity index (χ4n) is 2.74. The number of amides is 1. The van der Waals surface area contributed by atoms with E-state index in [-0.39, 0.29) is 18.6 Å². The molecule has 0 aliphatic carbocycles. The number of rotatable bonds is 6. The Morgan fingerprint density at radius 3 is 2.55 bits per heavy atom. The zero-order valence-electron chi connectivity index (χ0n) is 13.4. The lowest BCUT2D eigenvalue weighted by atomic mass is 9.97. The molecular weight excluding hydrogens is 280 g/mol. The van der Waals surface area contributed by atoms with Gasteiger partial charge in [-0.1, -0.05) is 0 Å². The summed E-state index contributed by atoms with van der Waals surface area (Å²) in [7, 11) is 0. The highest BCUT2D eigenvalue weighted by Gasteiger charge is 2.26. The Labute approximate surface area is 132 Å². The van der Waals surface area contributed by atoms with Gasteiger partial charge in [0.05, 0.1) is 12.6 Å². The second-order valence-electron chi connectivity index (χ2n) is 5.78. The van der Waals surface area contributed by atoms with Crippen molar-refractivity contribution in [1.82, 2.24) is 4.90 Å². The van der Waals surface area contributed by atoms with Crippen molar-refractivity contribution in [1.29, 1.82) is 0 Å². The lowest BCUT2D eigenvalue weighted by Crippen LogP contribution is -2.46. The number of hydrogen-bond acceptors (Lipinski definition) is 4. The Morgan fingerprint density at radius 2 is 2.00 bits per heavy atom. The number of nitrogens with one attached hydrogen (secondary N) is 1. The van der Waals surface area contributed by atoms with Crippen LogP contribution in [0.15, 0.2) is 24.3 Å². The molecule has 1 heterocycles. The average molecular weight is 306 g/mol. The van der Waals surface area contributed by atoms with Crippen LogP contribution in [0.1, 0.15) is 26.7 Å². The fourth-order valence-corrected chi connectivity index (χ4v) is 2.74. The van der Waals surface area contributed by atoms with Gasteiger partial charge in [-0.2, -0.15) is 0 Å². The fraction of sp³-hybridized carbons (Fsp3) is 0.588. The molecule has 1 aromatic carbocycles. The molecule has 5 nitrogen and oxygen atoms in total. The maximum Gasteiger partial charge on any atom is 0.241 e. The molecule has 0 bridgehead atoms. The van der Waals surface area contributed by atoms with Crippen molar-refractivity contribution in [3.63, 3.8) is 0 Å². The standard InChI is InChI=1S/C17H26N2O3/c1-3-22-16-6-4-15(5-7-16)18-17(21)13(2)19-10-8-14(12-20)9-11-19/h4-7,13-14,20H,3,8-12H2,1-2H3,(H,18,21). The smallest absolute Gasteiger partial charge is 0.241 e. The number of aliphatic hydroxyl groups is 1. The van der Waals surface area contributed by atoms with Crippen molar-refractivity contribution in [2.45, 2.75) is 32.7 Å². The quantitative estimate of drug-likeness (QED) is 0.845. The van der Waals surface area contributed by atoms with Gasteiger partial charge in [-0.05, 0) is 70.0 Å². The van der Waals surface area contributed by atoms with Crippen molar-refractivity contribution >= 4 is 11.6 Å². The molecule has 122 valence electrons. The minimum atomic E-state index is -0.161. The third kappa shape index (κ3) is 4.45. The normalized spacial score (nSPS) is 18.0. The highest BCUT2D eigenvalue weighted by Crippen LogP contribution is 2.20. The van der Waals surface area contributed by atoms with E-state index in [1.54, 1.807) is 0 Å². The van der Waals surface area contributed by atoms with Crippen molar-refractivity contribution in [3.05, 3.63) is 24.3 Å². The van der Waals surface area contributed by atoms with Crippen LogP contribution in [0.4, 0.5) is 5.69 Å². The van der Waals surface area contributed by atoms with Gasteiger partial charge in [0.25, 0.3) is 0 Å². The molecule has 1 saturated heterocycles. The molecule has 1 aliphatic heterocycles. The highest BCUT2D eigenvalue weighted by molar-refractivity contribution is 5.94. The molecule has 1 atom stereocenters. The van der Waals surface area contributed by atoms with Crippen LogP contribution >= 0.6 is 0 Å². The van der Waals surface area contributed by atoms with Crippen LogP contribution in [-0.2, 0) is 4.79 Å². The number of hydrogen-bond donors (Lipinski definition) is 2. The maximum atomic E-state index is 12.3. The topological polar surface area (TPSA) is 61.8 Å². The summed E-state index contributed by atoms with van der Waals surface area (Å²) in [5.41, 5.74) is 0.783. The third-order valence-corrected chi connectivity index (χ3v) is 4.27. The number of anilines is 1. The zero-order valence-corrected chi connectivity index (χ0v) is 13.4. The number of ether oxygens (including phenoxy) is 1. The van der Waals surface area contributed by atoms with Gasteiger partial charge in [-0.3, -0.25) is 9.69 Å². The minimum Gasteiger partial charge on any atom is -0.494 e. The number of benzene rings is 1. The maximum absolute atomic E-state index is 12.3. The van der Waals surface area contributed by atoms with Gasteiger partial charge in [0.15, 0.2) is 0 Å². The first-order valence-electron chi connectivity index (χ1n) is 8.02. The molecule has 1 unspecified atom stereocenters. The van der Waals surface area contributed by atoms with Crippen LogP contribution in [0.25, 0.3) is 0 Å². The van der Waals surface area contributed by atoms with Crippen molar-refractivity contribution < 1.29 is 14.6 Å². The predicted octanol–water partition coefficient (Wildman–Crippen LogP) is 2.12. The third-order valence-electron chi connectivity index (χ3n) is 4.27. The summed E-state index contributed by atoms with van der Waals surface area (Å²) in [4.78, 5) is 14.5. The summed E-state index contributed by atoms with van der Waals surface area (Å²) in [6.45, 7) is 6.49. The van der Waals surface area contributed by atoms with Crippen LogP contribution < -0.4 is 10.1 Å². The molecule has 0 radical (unpaired) electrons. The molecule has 22 heavy (non-hydrogen) atoms. The summed E-state index contributed by atoms with van der Waals surface area (Å²) in [5, 5.41) is 12.1. The second-order valence-corrected chi connectivity index (χ2v) is 5.78. The van der Waals surface area contributed by atoms with E-state index in [4.69, 9.17) is 4.74 Å². The lowest BCUT2D eigenvalue weighted by Gasteiger charge is -2.34. The molecule has 1 fully saturated rings. The lowest BCUT2D eigenvalue weighted by molar-refractivity contribution is -0.121. The van der Waals surface area contributed by atoms with E-state index in [2.05, 4.69) is 10.2 Å². The monoisotopic (exact) mass is 306 g/mol. The average Bonchev–Trinajstić information content (AvgIpc) is 2.56. The number of aliphatic hydroxyl groups excluding tert-OH is 1. The molecule has 1 aliphatic rings. The first kappa shape index (κ1) is 16.8. The Morgan fingerprint density at radius 1 is 1.36 bits per heavy atom. The van der Waals surface area contributed by atoms with Crippen molar-refractivity contribution in [2.75, 3.05) is 31.6 Å². The first-order chi connectivity index (χ1) is 10.6. The van der Waals surface area contributed by atoms with E-state index < -0.39 is 0 Å². The van der Waals surface area contributed by atoms with E-state index in [9.17, 15) is 9.90 Å². The SMILES string of the molecule is CCOc1ccc(NC(=O)C(C)N2CCC(CO)CC2)cc1. The van der Waals surface area contributed by atoms with E-state index in [0.29, 0.717) is 12.5 Å². The molecule has 1 amide bonds. The molecule has 0 saturated carbocycles. The van der Waals surface area contributed by atoms with Gasteiger partial charge >= 0.3 is 0 Å². The molecule has 2 rings (SSSR count). The molecule has 0 spiro atoms. The summed E-state index contributed by atoms with van der Waals surface area (Å²) < 4.78 is 5.39. The van der Waals surface area contributed by atoms with Crippen LogP contribution in [0, 0.1) is 5.92 Å². The summed E-state index contributed by atoms with van der Waals surface area (Å²) in [5.74, 6) is 1.20. The second kappa shape index (κ2) is 8.15. The van der Waals surface area contributed by atoms with Crippen LogP contribution in [0.2, 0.25) is 0 Å². The predicted molar refractivity (Wildman–Crippen MR) is 87.1 cm³/mol. The van der Waals surface area contributed by atoms with Crippen molar-refractivity contribution in [3.8, 4) is 5.75 Å². The van der Waals surface area contributed by atoms with Crippen LogP contribution in [-0.4, -0.2) is 48.3 Å².